The van der Waals surface area contributed by atoms with E-state index in [0.717, 1.165) is 12.8 Å². The molecule has 0 spiro atoms. The summed E-state index contributed by atoms with van der Waals surface area (Å²) < 4.78 is 34.6. The van der Waals surface area contributed by atoms with E-state index >= 15 is 0 Å². The highest BCUT2D eigenvalue weighted by Gasteiger charge is 2.62. The Morgan fingerprint density at radius 2 is 1.57 bits per heavy atom. The van der Waals surface area contributed by atoms with Crippen LogP contribution in [0.4, 0.5) is 4.79 Å². The molecule has 0 bridgehead atoms. The molecule has 318 valence electrons. The fourth-order valence-electron chi connectivity index (χ4n) is 8.29. The number of aromatic nitrogens is 2. The lowest BCUT2D eigenvalue weighted by molar-refractivity contribution is -0.142. The van der Waals surface area contributed by atoms with Gasteiger partial charge in [-0.25, -0.2) is 17.9 Å². The van der Waals surface area contributed by atoms with E-state index in [1.165, 1.54) is 21.9 Å². The van der Waals surface area contributed by atoms with Crippen LogP contribution in [0, 0.1) is 34.0 Å². The highest BCUT2D eigenvalue weighted by Crippen LogP contribution is 2.46. The molecule has 4 amide bonds. The monoisotopic (exact) mass is 848 g/mol. The maximum atomic E-state index is 14.8. The topological polar surface area (TPSA) is 233 Å². The fourth-order valence-corrected chi connectivity index (χ4v) is 9.65. The second-order valence-electron chi connectivity index (χ2n) is 17.4. The van der Waals surface area contributed by atoms with Gasteiger partial charge in [-0.15, -0.1) is 6.58 Å². The van der Waals surface area contributed by atoms with E-state index in [1.54, 1.807) is 69.3 Å². The number of benzene rings is 2. The van der Waals surface area contributed by atoms with Crippen LogP contribution in [-0.2, 0) is 29.1 Å². The Morgan fingerprint density at radius 3 is 2.11 bits per heavy atom. The van der Waals surface area contributed by atoms with Crippen molar-refractivity contribution >= 4 is 33.8 Å². The highest BCUT2D eigenvalue weighted by molar-refractivity contribution is 7.91. The van der Waals surface area contributed by atoms with E-state index in [4.69, 9.17) is 4.74 Å². The molecular weight excluding hydrogens is 801 g/mol. The normalized spacial score (nSPS) is 22.9. The summed E-state index contributed by atoms with van der Waals surface area (Å²) in [6.07, 6.45) is 5.89. The number of carbonyl (C=O) groups is 4. The van der Waals surface area contributed by atoms with E-state index in [2.05, 4.69) is 39.2 Å². The second kappa shape index (κ2) is 16.6. The van der Waals surface area contributed by atoms with Crippen LogP contribution in [0.3, 0.4) is 0 Å². The Morgan fingerprint density at radius 1 is 0.967 bits per heavy atom. The minimum atomic E-state index is -3.97. The van der Waals surface area contributed by atoms with Crippen molar-refractivity contribution in [1.29, 1.82) is 10.5 Å². The molecule has 4 fully saturated rings. The van der Waals surface area contributed by atoms with Crippen LogP contribution >= 0.6 is 0 Å². The molecule has 1 aliphatic heterocycles. The minimum absolute atomic E-state index is 0.0727. The molecular formula is C44H48N8O8S. The van der Waals surface area contributed by atoms with E-state index in [1.807, 2.05) is 0 Å². The Hall–Kier alpha value is -6.33. The zero-order valence-electron chi connectivity index (χ0n) is 34.2. The number of alkyl carbamates (subject to hydrolysis) is 1. The van der Waals surface area contributed by atoms with Gasteiger partial charge < -0.3 is 20.3 Å². The van der Waals surface area contributed by atoms with Crippen molar-refractivity contribution in [3.63, 3.8) is 0 Å². The smallest absolute Gasteiger partial charge is 0.408 e. The van der Waals surface area contributed by atoms with Crippen LogP contribution < -0.4 is 20.9 Å². The van der Waals surface area contributed by atoms with Crippen molar-refractivity contribution in [2.45, 2.75) is 107 Å². The third-order valence-electron chi connectivity index (χ3n) is 12.0. The summed E-state index contributed by atoms with van der Waals surface area (Å²) >= 11 is 0. The molecule has 2 aromatic carbocycles. The van der Waals surface area contributed by atoms with Gasteiger partial charge in [0, 0.05) is 24.4 Å². The van der Waals surface area contributed by atoms with Gasteiger partial charge in [0.1, 0.15) is 23.7 Å². The molecule has 3 saturated carbocycles. The number of nitrogens with zero attached hydrogens (tertiary/aromatic N) is 5. The van der Waals surface area contributed by atoms with Crippen LogP contribution in [0.5, 0.6) is 0 Å². The van der Waals surface area contributed by atoms with E-state index in [0.29, 0.717) is 53.5 Å². The van der Waals surface area contributed by atoms with Gasteiger partial charge in [-0.05, 0) is 85.8 Å². The maximum absolute atomic E-state index is 14.8. The van der Waals surface area contributed by atoms with Gasteiger partial charge in [0.15, 0.2) is 0 Å². The lowest BCUT2D eigenvalue weighted by Gasteiger charge is -2.35. The number of ether oxygens (including phenoxy) is 1. The Balaban J connectivity index is 1.26. The summed E-state index contributed by atoms with van der Waals surface area (Å²) in [6.45, 7) is 8.83. The zero-order valence-corrected chi connectivity index (χ0v) is 35.0. The standard InChI is InChI=1S/C44H48N8O8S/c1-5-30-21-44(30,41(56)50-61(58,59)33-18-19-33)49-38(53)35-20-31(25-51(35)40(55)37(43(2,3)4)48-42(57)60-32-8-6-7-9-32)52-39(54)36(29-16-12-27(23-46)13-17-29)34(24-47-52)28-14-10-26(22-45)11-15-28/h5,10-17,24,30-33,35,37H,1,6-9,18-21,25H2,2-4H3,(H,48,57)(H,49,53)(H,50,56)/t30-,31-,35+,37-,44-/m1/s1. The summed E-state index contributed by atoms with van der Waals surface area (Å²) in [4.78, 5) is 72.4. The number of hydrogen-bond acceptors (Lipinski definition) is 11. The van der Waals surface area contributed by atoms with Crippen molar-refractivity contribution < 1.29 is 32.3 Å². The van der Waals surface area contributed by atoms with Crippen molar-refractivity contribution in [2.75, 3.05) is 6.54 Å². The summed E-state index contributed by atoms with van der Waals surface area (Å²) in [6, 6.07) is 13.8. The maximum Gasteiger partial charge on any atom is 0.408 e. The Bertz CT molecular complexity index is 2510. The zero-order chi connectivity index (χ0) is 43.9. The molecule has 2 heterocycles. The number of nitriles is 2. The van der Waals surface area contributed by atoms with Crippen molar-refractivity contribution in [2.24, 2.45) is 11.3 Å². The molecule has 1 saturated heterocycles. The predicted molar refractivity (Wildman–Crippen MR) is 222 cm³/mol. The molecule has 0 unspecified atom stereocenters. The third kappa shape index (κ3) is 8.79. The van der Waals surface area contributed by atoms with Crippen molar-refractivity contribution in [3.8, 4) is 34.4 Å². The molecule has 61 heavy (non-hydrogen) atoms. The summed E-state index contributed by atoms with van der Waals surface area (Å²) in [7, 11) is -3.97. The lowest BCUT2D eigenvalue weighted by Crippen LogP contribution is -2.60. The van der Waals surface area contributed by atoms with Gasteiger partial charge in [0.25, 0.3) is 11.5 Å². The molecule has 3 aliphatic carbocycles. The summed E-state index contributed by atoms with van der Waals surface area (Å²) in [5, 5.41) is 28.3. The van der Waals surface area contributed by atoms with E-state index in [-0.39, 0.29) is 31.1 Å². The molecule has 3 aromatic rings. The highest BCUT2D eigenvalue weighted by atomic mass is 32.2. The molecule has 0 radical (unpaired) electrons. The molecule has 5 atom stereocenters. The van der Waals surface area contributed by atoms with Gasteiger partial charge >= 0.3 is 6.09 Å². The first-order valence-electron chi connectivity index (χ1n) is 20.4. The Kier molecular flexibility index (Phi) is 11.7. The largest absolute Gasteiger partial charge is 0.446 e. The molecule has 3 N–H and O–H groups in total. The number of rotatable bonds is 12. The molecule has 17 heteroatoms. The average Bonchev–Trinajstić information content (AvgIpc) is 4.11. The van der Waals surface area contributed by atoms with Crippen molar-refractivity contribution in [1.82, 2.24) is 30.0 Å². The minimum Gasteiger partial charge on any atom is -0.446 e. The SMILES string of the molecule is C=C[C@@H]1C[C@]1(NC(=O)[C@@H]1C[C@@H](n2ncc(-c3ccc(C#N)cc3)c(-c3ccc(C#N)cc3)c2=O)CN1C(=O)[C@@H](NC(=O)OC1CCCC1)C(C)(C)C)C(=O)NS(=O)(=O)C1CC1. The quantitative estimate of drug-likeness (QED) is 0.218. The van der Waals surface area contributed by atoms with Gasteiger partial charge in [0.05, 0.1) is 46.3 Å². The van der Waals surface area contributed by atoms with Gasteiger partial charge in [0.2, 0.25) is 21.8 Å². The second-order valence-corrected chi connectivity index (χ2v) is 19.4. The van der Waals surface area contributed by atoms with Gasteiger partial charge in [-0.2, -0.15) is 15.6 Å². The van der Waals surface area contributed by atoms with Crippen LogP contribution in [0.25, 0.3) is 22.3 Å². The lowest BCUT2D eigenvalue weighted by atomic mass is 9.85. The van der Waals surface area contributed by atoms with Gasteiger partial charge in [-0.1, -0.05) is 51.1 Å². The first-order chi connectivity index (χ1) is 29.0. The molecule has 4 aliphatic rings. The van der Waals surface area contributed by atoms with Crippen LogP contribution in [0.2, 0.25) is 0 Å². The number of sulfonamides is 1. The van der Waals surface area contributed by atoms with Crippen LogP contribution in [0.15, 0.2) is 72.2 Å². The van der Waals surface area contributed by atoms with Crippen LogP contribution in [-0.4, -0.2) is 82.4 Å². The third-order valence-corrected chi connectivity index (χ3v) is 13.9. The van der Waals surface area contributed by atoms with Crippen molar-refractivity contribution in [3.05, 3.63) is 88.9 Å². The first kappa shape index (κ1) is 42.8. The summed E-state index contributed by atoms with van der Waals surface area (Å²) in [5.41, 5.74) is -0.611. The molecule has 7 rings (SSSR count). The number of carbonyl (C=O) groups excluding carboxylic acids is 4. The number of hydrogen-bond donors (Lipinski definition) is 3. The fraction of sp³-hybridized carbons (Fsp3) is 0.455. The molecule has 1 aromatic heterocycles. The van der Waals surface area contributed by atoms with Gasteiger partial charge in [-0.3, -0.25) is 23.9 Å². The number of amides is 4. The Labute approximate surface area is 354 Å². The van der Waals surface area contributed by atoms with Crippen LogP contribution in [0.1, 0.15) is 89.3 Å². The van der Waals surface area contributed by atoms with E-state index in [9.17, 15) is 42.9 Å². The predicted octanol–water partition coefficient (Wildman–Crippen LogP) is 4.22. The number of likely N-dealkylation sites (tertiary alicyclic amines) is 1. The summed E-state index contributed by atoms with van der Waals surface area (Å²) in [5.74, 6) is -2.92. The van der Waals surface area contributed by atoms with E-state index < -0.39 is 79.6 Å². The number of nitrogens with one attached hydrogen (secondary N) is 3. The molecule has 16 nitrogen and oxygen atoms in total. The average molecular weight is 849 g/mol. The first-order valence-corrected chi connectivity index (χ1v) is 22.0.